The lowest BCUT2D eigenvalue weighted by molar-refractivity contribution is -0.127. The molecule has 0 unspecified atom stereocenters. The molecule has 0 aromatic heterocycles. The minimum atomic E-state index is -0.0248. The number of carbonyl (C=O) groups is 1. The van der Waals surface area contributed by atoms with Gasteiger partial charge in [0.1, 0.15) is 6.61 Å². The molecule has 0 radical (unpaired) electrons. The number of hydrogen-bond donors (Lipinski definition) is 2. The van der Waals surface area contributed by atoms with Crippen LogP contribution in [0.15, 0.2) is 11.6 Å². The Hall–Kier alpha value is -0.870. The Morgan fingerprint density at radius 3 is 3.06 bits per heavy atom. The first-order valence-corrected chi connectivity index (χ1v) is 5.95. The van der Waals surface area contributed by atoms with Gasteiger partial charge in [0.25, 0.3) is 0 Å². The predicted octanol–water partition coefficient (Wildman–Crippen LogP) is 0.837. The molecule has 1 heterocycles. The third-order valence-electron chi connectivity index (χ3n) is 2.47. The SMILES string of the molecule is CC(C)OCC(=O)NCCC1=CCNCC1. The average Bonchev–Trinajstić information content (AvgIpc) is 2.28. The molecule has 0 aromatic carbocycles. The van der Waals surface area contributed by atoms with Crippen LogP contribution in [0.4, 0.5) is 0 Å². The van der Waals surface area contributed by atoms with E-state index in [1.807, 2.05) is 13.8 Å². The molecule has 0 spiro atoms. The Morgan fingerprint density at radius 1 is 1.62 bits per heavy atom. The standard InChI is InChI=1S/C12H22N2O2/c1-10(2)16-9-12(15)14-8-5-11-3-6-13-7-4-11/h3,10,13H,4-9H2,1-2H3,(H,14,15). The van der Waals surface area contributed by atoms with Crippen molar-refractivity contribution in [1.82, 2.24) is 10.6 Å². The molecule has 0 aliphatic carbocycles. The lowest BCUT2D eigenvalue weighted by atomic mass is 10.1. The lowest BCUT2D eigenvalue weighted by Gasteiger charge is -2.14. The zero-order valence-corrected chi connectivity index (χ0v) is 10.2. The fourth-order valence-electron chi connectivity index (χ4n) is 1.55. The maximum atomic E-state index is 11.3. The highest BCUT2D eigenvalue weighted by molar-refractivity contribution is 5.77. The van der Waals surface area contributed by atoms with Crippen LogP contribution in [0.25, 0.3) is 0 Å². The molecular weight excluding hydrogens is 204 g/mol. The Kier molecular flexibility index (Phi) is 6.11. The minimum Gasteiger partial charge on any atom is -0.369 e. The minimum absolute atomic E-state index is 0.0248. The number of rotatable bonds is 6. The highest BCUT2D eigenvalue weighted by Crippen LogP contribution is 2.07. The summed E-state index contributed by atoms with van der Waals surface area (Å²) >= 11 is 0. The summed E-state index contributed by atoms with van der Waals surface area (Å²) in [7, 11) is 0. The molecule has 0 atom stereocenters. The van der Waals surface area contributed by atoms with Crippen LogP contribution in [0.2, 0.25) is 0 Å². The molecule has 0 saturated heterocycles. The number of hydrogen-bond acceptors (Lipinski definition) is 3. The van der Waals surface area contributed by atoms with E-state index in [-0.39, 0.29) is 18.6 Å². The second-order valence-corrected chi connectivity index (χ2v) is 4.28. The van der Waals surface area contributed by atoms with Crippen LogP contribution in [0, 0.1) is 0 Å². The van der Waals surface area contributed by atoms with Gasteiger partial charge < -0.3 is 15.4 Å². The summed E-state index contributed by atoms with van der Waals surface area (Å²) < 4.78 is 5.21. The van der Waals surface area contributed by atoms with Crippen LogP contribution in [-0.2, 0) is 9.53 Å². The van der Waals surface area contributed by atoms with Crippen molar-refractivity contribution in [3.63, 3.8) is 0 Å². The van der Waals surface area contributed by atoms with E-state index in [0.717, 1.165) is 25.9 Å². The molecule has 0 bridgehead atoms. The maximum Gasteiger partial charge on any atom is 0.246 e. The molecule has 92 valence electrons. The number of ether oxygens (including phenoxy) is 1. The van der Waals surface area contributed by atoms with E-state index in [2.05, 4.69) is 16.7 Å². The molecule has 1 rings (SSSR count). The molecule has 4 nitrogen and oxygen atoms in total. The Balaban J connectivity index is 2.05. The Morgan fingerprint density at radius 2 is 2.44 bits per heavy atom. The smallest absolute Gasteiger partial charge is 0.246 e. The molecule has 1 aliphatic heterocycles. The highest BCUT2D eigenvalue weighted by Gasteiger charge is 2.05. The fourth-order valence-corrected chi connectivity index (χ4v) is 1.55. The summed E-state index contributed by atoms with van der Waals surface area (Å²) in [6.07, 6.45) is 4.37. The van der Waals surface area contributed by atoms with E-state index < -0.39 is 0 Å². The van der Waals surface area contributed by atoms with E-state index in [0.29, 0.717) is 6.54 Å². The highest BCUT2D eigenvalue weighted by atomic mass is 16.5. The third kappa shape index (κ3) is 5.88. The van der Waals surface area contributed by atoms with Gasteiger partial charge in [-0.25, -0.2) is 0 Å². The first kappa shape index (κ1) is 13.2. The number of amides is 1. The van der Waals surface area contributed by atoms with Crippen LogP contribution < -0.4 is 10.6 Å². The van der Waals surface area contributed by atoms with Crippen molar-refractivity contribution in [2.75, 3.05) is 26.2 Å². The first-order valence-electron chi connectivity index (χ1n) is 5.95. The van der Waals surface area contributed by atoms with Gasteiger partial charge in [0.2, 0.25) is 5.91 Å². The van der Waals surface area contributed by atoms with E-state index in [9.17, 15) is 4.79 Å². The van der Waals surface area contributed by atoms with Gasteiger partial charge in [-0.1, -0.05) is 11.6 Å². The monoisotopic (exact) mass is 226 g/mol. The largest absolute Gasteiger partial charge is 0.369 e. The van der Waals surface area contributed by atoms with E-state index in [4.69, 9.17) is 4.74 Å². The van der Waals surface area contributed by atoms with Crippen molar-refractivity contribution in [2.24, 2.45) is 0 Å². The van der Waals surface area contributed by atoms with Crippen molar-refractivity contribution in [2.45, 2.75) is 32.8 Å². The molecule has 16 heavy (non-hydrogen) atoms. The molecule has 0 fully saturated rings. The van der Waals surface area contributed by atoms with Crippen molar-refractivity contribution in [3.8, 4) is 0 Å². The van der Waals surface area contributed by atoms with Gasteiger partial charge in [0.05, 0.1) is 6.10 Å². The lowest BCUT2D eigenvalue weighted by Crippen LogP contribution is -2.30. The first-order chi connectivity index (χ1) is 7.68. The fraction of sp³-hybridized carbons (Fsp3) is 0.750. The summed E-state index contributed by atoms with van der Waals surface area (Å²) in [5.74, 6) is -0.0248. The van der Waals surface area contributed by atoms with Crippen molar-refractivity contribution in [3.05, 3.63) is 11.6 Å². The van der Waals surface area contributed by atoms with Crippen LogP contribution in [0.5, 0.6) is 0 Å². The number of nitrogens with one attached hydrogen (secondary N) is 2. The van der Waals surface area contributed by atoms with Crippen molar-refractivity contribution < 1.29 is 9.53 Å². The normalized spacial score (nSPS) is 16.1. The molecule has 2 N–H and O–H groups in total. The van der Waals surface area contributed by atoms with E-state index >= 15 is 0 Å². The van der Waals surface area contributed by atoms with Gasteiger partial charge in [0, 0.05) is 13.1 Å². The molecular formula is C12H22N2O2. The van der Waals surface area contributed by atoms with E-state index in [1.54, 1.807) is 0 Å². The third-order valence-corrected chi connectivity index (χ3v) is 2.47. The topological polar surface area (TPSA) is 50.4 Å². The maximum absolute atomic E-state index is 11.3. The van der Waals surface area contributed by atoms with Crippen molar-refractivity contribution >= 4 is 5.91 Å². The Labute approximate surface area is 97.4 Å². The summed E-state index contributed by atoms with van der Waals surface area (Å²) in [5.41, 5.74) is 1.43. The Bertz CT molecular complexity index is 249. The summed E-state index contributed by atoms with van der Waals surface area (Å²) in [6.45, 7) is 6.74. The molecule has 4 heteroatoms. The molecule has 0 saturated carbocycles. The molecule has 0 aromatic rings. The molecule has 1 amide bonds. The van der Waals surface area contributed by atoms with Crippen LogP contribution in [-0.4, -0.2) is 38.3 Å². The van der Waals surface area contributed by atoms with Crippen molar-refractivity contribution in [1.29, 1.82) is 0 Å². The predicted molar refractivity (Wildman–Crippen MR) is 64.3 cm³/mol. The van der Waals surface area contributed by atoms with Gasteiger partial charge in [0.15, 0.2) is 0 Å². The quantitative estimate of drug-likeness (QED) is 0.660. The average molecular weight is 226 g/mol. The van der Waals surface area contributed by atoms with E-state index in [1.165, 1.54) is 5.57 Å². The summed E-state index contributed by atoms with van der Waals surface area (Å²) in [5, 5.41) is 6.12. The zero-order valence-electron chi connectivity index (χ0n) is 10.2. The second kappa shape index (κ2) is 7.41. The second-order valence-electron chi connectivity index (χ2n) is 4.28. The van der Waals surface area contributed by atoms with Gasteiger partial charge in [-0.05, 0) is 33.2 Å². The van der Waals surface area contributed by atoms with Crippen LogP contribution in [0.1, 0.15) is 26.7 Å². The van der Waals surface area contributed by atoms with Crippen LogP contribution >= 0.6 is 0 Å². The molecule has 1 aliphatic rings. The van der Waals surface area contributed by atoms with Crippen LogP contribution in [0.3, 0.4) is 0 Å². The van der Waals surface area contributed by atoms with Gasteiger partial charge in [-0.2, -0.15) is 0 Å². The van der Waals surface area contributed by atoms with Gasteiger partial charge in [-0.3, -0.25) is 4.79 Å². The summed E-state index contributed by atoms with van der Waals surface area (Å²) in [4.78, 5) is 11.3. The van der Waals surface area contributed by atoms with Gasteiger partial charge >= 0.3 is 0 Å². The zero-order chi connectivity index (χ0) is 11.8. The summed E-state index contributed by atoms with van der Waals surface area (Å²) in [6, 6.07) is 0. The van der Waals surface area contributed by atoms with Gasteiger partial charge in [-0.15, -0.1) is 0 Å². The number of carbonyl (C=O) groups excluding carboxylic acids is 1.